The Balaban J connectivity index is 1.36. The van der Waals surface area contributed by atoms with E-state index in [1.165, 1.54) is 46.8 Å². The van der Waals surface area contributed by atoms with Gasteiger partial charge in [-0.3, -0.25) is 4.79 Å². The summed E-state index contributed by atoms with van der Waals surface area (Å²) in [5.41, 5.74) is 6.92. The van der Waals surface area contributed by atoms with Gasteiger partial charge >= 0.3 is 5.97 Å². The van der Waals surface area contributed by atoms with Crippen LogP contribution in [0.1, 0.15) is 32.0 Å². The lowest BCUT2D eigenvalue weighted by Crippen LogP contribution is -2.19. The summed E-state index contributed by atoms with van der Waals surface area (Å²) >= 11 is 6.53. The van der Waals surface area contributed by atoms with Crippen LogP contribution in [0.15, 0.2) is 77.9 Å². The molecule has 0 saturated heterocycles. The Bertz CT molecular complexity index is 1910. The number of fused-ring (bicyclic) bond motifs is 1. The fourth-order valence-electron chi connectivity index (χ4n) is 4.91. The Kier molecular flexibility index (Phi) is 9.25. The second-order valence-electron chi connectivity index (χ2n) is 9.77. The lowest BCUT2D eigenvalue weighted by Gasteiger charge is -2.14. The second-order valence-corrected chi connectivity index (χ2v) is 10.2. The fraction of sp³-hybridized carbons (Fsp3) is 0.147. The quantitative estimate of drug-likeness (QED) is 0.0755. The minimum Gasteiger partial charge on any atom is -0.493 e. The molecule has 1 amide bonds. The van der Waals surface area contributed by atoms with Gasteiger partial charge < -0.3 is 28.7 Å². The van der Waals surface area contributed by atoms with E-state index in [0.29, 0.717) is 39.1 Å². The first-order valence-electron chi connectivity index (χ1n) is 13.7. The molecule has 0 unspecified atom stereocenters. The highest BCUT2D eigenvalue weighted by molar-refractivity contribution is 6.34. The van der Waals surface area contributed by atoms with Crippen LogP contribution in [0.2, 0.25) is 5.02 Å². The van der Waals surface area contributed by atoms with Crippen molar-refractivity contribution in [1.29, 1.82) is 0 Å². The summed E-state index contributed by atoms with van der Waals surface area (Å²) in [5.74, 6) is 0.318. The highest BCUT2D eigenvalue weighted by Gasteiger charge is 2.22. The van der Waals surface area contributed by atoms with Gasteiger partial charge in [0.2, 0.25) is 5.75 Å². The summed E-state index contributed by atoms with van der Waals surface area (Å²) in [7, 11) is 5.83. The summed E-state index contributed by atoms with van der Waals surface area (Å²) in [5, 5.41) is 5.55. The van der Waals surface area contributed by atoms with E-state index in [1.807, 2.05) is 43.3 Å². The van der Waals surface area contributed by atoms with E-state index >= 15 is 0 Å². The lowest BCUT2D eigenvalue weighted by atomic mass is 10.0. The van der Waals surface area contributed by atoms with Gasteiger partial charge in [-0.2, -0.15) is 5.10 Å². The van der Waals surface area contributed by atoms with E-state index in [0.717, 1.165) is 22.0 Å². The molecule has 4 aromatic carbocycles. The maximum absolute atomic E-state index is 13.4. The third-order valence-corrected chi connectivity index (χ3v) is 7.41. The Morgan fingerprint density at radius 1 is 0.822 bits per heavy atom. The van der Waals surface area contributed by atoms with Crippen molar-refractivity contribution in [3.63, 3.8) is 0 Å². The largest absolute Gasteiger partial charge is 0.493 e. The summed E-state index contributed by atoms with van der Waals surface area (Å²) < 4.78 is 27.0. The number of ether oxygens (including phenoxy) is 5. The average Bonchev–Trinajstić information content (AvgIpc) is 3.45. The van der Waals surface area contributed by atoms with Gasteiger partial charge in [0.05, 0.1) is 40.2 Å². The first kappa shape index (κ1) is 31.0. The van der Waals surface area contributed by atoms with Crippen molar-refractivity contribution >= 4 is 40.6 Å². The number of hydrazone groups is 1. The van der Waals surface area contributed by atoms with Gasteiger partial charge in [0.15, 0.2) is 23.0 Å². The molecule has 1 aromatic heterocycles. The van der Waals surface area contributed by atoms with Gasteiger partial charge in [0.1, 0.15) is 5.69 Å². The minimum absolute atomic E-state index is 0.176. The maximum Gasteiger partial charge on any atom is 0.343 e. The molecule has 11 heteroatoms. The number of methoxy groups -OCH3 is 4. The normalized spacial score (nSPS) is 11.0. The van der Waals surface area contributed by atoms with E-state index in [4.69, 9.17) is 35.3 Å². The number of amides is 1. The number of nitrogens with one attached hydrogen (secondary N) is 2. The number of carbonyl (C=O) groups is 2. The number of hydrogen-bond acceptors (Lipinski definition) is 8. The second kappa shape index (κ2) is 13.4. The van der Waals surface area contributed by atoms with Crippen LogP contribution < -0.4 is 29.1 Å². The molecule has 2 N–H and O–H groups in total. The predicted octanol–water partition coefficient (Wildman–Crippen LogP) is 6.81. The number of hydrogen-bond donors (Lipinski definition) is 2. The molecule has 1 heterocycles. The Labute approximate surface area is 264 Å². The first-order valence-corrected chi connectivity index (χ1v) is 14.1. The summed E-state index contributed by atoms with van der Waals surface area (Å²) in [6, 6.07) is 21.0. The number of aromatic amines is 1. The molecule has 0 bridgehead atoms. The van der Waals surface area contributed by atoms with Crippen LogP contribution in [0.5, 0.6) is 28.7 Å². The molecular formula is C34H30ClN3O7. The van der Waals surface area contributed by atoms with Gasteiger partial charge in [0.25, 0.3) is 5.91 Å². The van der Waals surface area contributed by atoms with Gasteiger partial charge in [-0.1, -0.05) is 48.0 Å². The molecule has 0 aliphatic rings. The molecule has 230 valence electrons. The van der Waals surface area contributed by atoms with Crippen LogP contribution in [-0.4, -0.2) is 51.5 Å². The van der Waals surface area contributed by atoms with E-state index in [2.05, 4.69) is 15.5 Å². The average molecular weight is 628 g/mol. The van der Waals surface area contributed by atoms with Crippen LogP contribution in [0.25, 0.3) is 22.0 Å². The van der Waals surface area contributed by atoms with Crippen molar-refractivity contribution in [2.45, 2.75) is 6.92 Å². The summed E-state index contributed by atoms with van der Waals surface area (Å²) in [6.45, 7) is 1.97. The molecule has 0 aliphatic carbocycles. The number of benzene rings is 4. The fourth-order valence-corrected chi connectivity index (χ4v) is 5.14. The van der Waals surface area contributed by atoms with Crippen LogP contribution in [0, 0.1) is 6.92 Å². The number of aryl methyl sites for hydroxylation is 1. The molecule has 5 rings (SSSR count). The SMILES string of the molecule is COc1cc(C=NNC(=O)c2[nH]c3c(C)cccc3c2-c2ccccc2Cl)ccc1OC(=O)c1cc(OC)c(OC)c(OC)c1. The molecule has 0 radical (unpaired) electrons. The number of esters is 1. The minimum atomic E-state index is -0.663. The van der Waals surface area contributed by atoms with Gasteiger partial charge in [-0.15, -0.1) is 0 Å². The van der Waals surface area contributed by atoms with E-state index in [-0.39, 0.29) is 17.1 Å². The summed E-state index contributed by atoms with van der Waals surface area (Å²) in [4.78, 5) is 29.6. The maximum atomic E-state index is 13.4. The van der Waals surface area contributed by atoms with Crippen molar-refractivity contribution in [1.82, 2.24) is 10.4 Å². The number of para-hydroxylation sites is 1. The van der Waals surface area contributed by atoms with E-state index < -0.39 is 11.9 Å². The Hall–Kier alpha value is -5.48. The molecule has 0 spiro atoms. The van der Waals surface area contributed by atoms with E-state index in [1.54, 1.807) is 24.3 Å². The molecule has 0 aliphatic heterocycles. The molecule has 0 fully saturated rings. The van der Waals surface area contributed by atoms with Crippen molar-refractivity contribution in [3.05, 3.63) is 100 Å². The third-order valence-electron chi connectivity index (χ3n) is 7.08. The number of nitrogens with zero attached hydrogens (tertiary/aromatic N) is 1. The standard InChI is InChI=1S/C34H30ClN3O7/c1-19-9-8-11-23-29(22-10-6-7-12-24(22)35)31(37-30(19)23)33(39)38-36-18-20-13-14-25(26(15-20)41-2)45-34(40)21-16-27(42-3)32(44-5)28(17-21)43-4/h6-18,37H,1-5H3,(H,38,39). The van der Waals surface area contributed by atoms with Crippen LogP contribution in [0.4, 0.5) is 0 Å². The molecule has 0 atom stereocenters. The van der Waals surface area contributed by atoms with Gasteiger partial charge in [-0.05, 0) is 54.4 Å². The molecule has 5 aromatic rings. The smallest absolute Gasteiger partial charge is 0.343 e. The van der Waals surface area contributed by atoms with Crippen LogP contribution in [-0.2, 0) is 0 Å². The number of carbonyl (C=O) groups excluding carboxylic acids is 2. The molecular weight excluding hydrogens is 598 g/mol. The lowest BCUT2D eigenvalue weighted by molar-refractivity contribution is 0.0728. The highest BCUT2D eigenvalue weighted by atomic mass is 35.5. The number of aromatic nitrogens is 1. The van der Waals surface area contributed by atoms with Crippen molar-refractivity contribution < 1.29 is 33.3 Å². The number of H-pyrrole nitrogens is 1. The van der Waals surface area contributed by atoms with E-state index in [9.17, 15) is 9.59 Å². The van der Waals surface area contributed by atoms with Gasteiger partial charge in [-0.25, -0.2) is 10.2 Å². The van der Waals surface area contributed by atoms with Crippen molar-refractivity contribution in [2.24, 2.45) is 5.10 Å². The highest BCUT2D eigenvalue weighted by Crippen LogP contribution is 2.39. The predicted molar refractivity (Wildman–Crippen MR) is 173 cm³/mol. The number of rotatable bonds is 10. The van der Waals surface area contributed by atoms with Crippen molar-refractivity contribution in [3.8, 4) is 39.9 Å². The molecule has 45 heavy (non-hydrogen) atoms. The topological polar surface area (TPSA) is 120 Å². The zero-order valence-electron chi connectivity index (χ0n) is 25.2. The zero-order valence-corrected chi connectivity index (χ0v) is 25.9. The Morgan fingerprint density at radius 3 is 2.20 bits per heavy atom. The van der Waals surface area contributed by atoms with Crippen LogP contribution in [0.3, 0.4) is 0 Å². The zero-order chi connectivity index (χ0) is 32.1. The third kappa shape index (κ3) is 6.27. The van der Waals surface area contributed by atoms with Crippen molar-refractivity contribution in [2.75, 3.05) is 28.4 Å². The molecule has 0 saturated carbocycles. The Morgan fingerprint density at radius 2 is 1.53 bits per heavy atom. The number of halogens is 1. The van der Waals surface area contributed by atoms with Gasteiger partial charge in [0, 0.05) is 27.1 Å². The monoisotopic (exact) mass is 627 g/mol. The summed E-state index contributed by atoms with van der Waals surface area (Å²) in [6.07, 6.45) is 1.45. The molecule has 10 nitrogen and oxygen atoms in total. The van der Waals surface area contributed by atoms with Crippen LogP contribution >= 0.6 is 11.6 Å². The first-order chi connectivity index (χ1) is 21.8.